The van der Waals surface area contributed by atoms with Crippen molar-refractivity contribution in [1.82, 2.24) is 0 Å². The van der Waals surface area contributed by atoms with Crippen molar-refractivity contribution in [2.45, 2.75) is 153 Å². The van der Waals surface area contributed by atoms with Crippen LogP contribution in [0.1, 0.15) is 142 Å². The molecule has 8 atom stereocenters. The molecule has 4 aliphatic carbocycles. The first-order valence-corrected chi connectivity index (χ1v) is 20.5. The van der Waals surface area contributed by atoms with Crippen LogP contribution in [0.25, 0.3) is 0 Å². The van der Waals surface area contributed by atoms with Gasteiger partial charge in [-0.2, -0.15) is 0 Å². The van der Waals surface area contributed by atoms with Crippen LogP contribution < -0.4 is 26.2 Å². The van der Waals surface area contributed by atoms with Gasteiger partial charge in [0.1, 0.15) is 0 Å². The highest BCUT2D eigenvalue weighted by Gasteiger charge is 2.69. The number of benzene rings is 3. The predicted octanol–water partition coefficient (Wildman–Crippen LogP) is 9.66. The van der Waals surface area contributed by atoms with E-state index in [9.17, 15) is 0 Å². The maximum absolute atomic E-state index is 2.98. The number of para-hydroxylation sites is 1. The highest BCUT2D eigenvalue weighted by Crippen LogP contribution is 2.69. The minimum atomic E-state index is 0.0743. The van der Waals surface area contributed by atoms with Gasteiger partial charge in [0.2, 0.25) is 0 Å². The van der Waals surface area contributed by atoms with Gasteiger partial charge in [-0.15, -0.1) is 0 Å². The van der Waals surface area contributed by atoms with Crippen molar-refractivity contribution in [3.05, 3.63) is 65.2 Å². The van der Waals surface area contributed by atoms with Gasteiger partial charge in [-0.3, -0.25) is 0 Å². The van der Waals surface area contributed by atoms with Crippen LogP contribution in [0.2, 0.25) is 0 Å². The Bertz CT molecular complexity index is 1940. The lowest BCUT2D eigenvalue weighted by Gasteiger charge is -2.60. The first-order chi connectivity index (χ1) is 23.4. The second-order valence-electron chi connectivity index (χ2n) is 20.1. The lowest BCUT2D eigenvalue weighted by molar-refractivity contribution is 0.0318. The summed E-state index contributed by atoms with van der Waals surface area (Å²) in [5, 5.41) is 0. The van der Waals surface area contributed by atoms with E-state index in [0.29, 0.717) is 0 Å². The van der Waals surface area contributed by atoms with Crippen molar-refractivity contribution in [2.24, 2.45) is 23.7 Å². The molecule has 11 rings (SSSR count). The van der Waals surface area contributed by atoms with Crippen molar-refractivity contribution >= 4 is 45.9 Å². The molecule has 0 bridgehead atoms. The quantitative estimate of drug-likeness (QED) is 0.224. The Kier molecular flexibility index (Phi) is 5.64. The molecule has 254 valence electrons. The summed E-state index contributed by atoms with van der Waals surface area (Å²) in [5.74, 6) is 3.29. The van der Waals surface area contributed by atoms with E-state index in [1.807, 2.05) is 0 Å². The van der Waals surface area contributed by atoms with Gasteiger partial charge in [-0.05, 0) is 127 Å². The van der Waals surface area contributed by atoms with E-state index in [1.165, 1.54) is 94.0 Å². The summed E-state index contributed by atoms with van der Waals surface area (Å²) >= 11 is 0. The Balaban J connectivity index is 1.23. The minimum absolute atomic E-state index is 0.0743. The second-order valence-corrected chi connectivity index (χ2v) is 20.1. The molecule has 0 N–H and O–H groups in total. The molecule has 2 nitrogen and oxygen atoms in total. The lowest BCUT2D eigenvalue weighted by atomic mass is 9.33. The molecule has 49 heavy (non-hydrogen) atoms. The maximum atomic E-state index is 2.98. The molecule has 0 saturated heterocycles. The third-order valence-electron chi connectivity index (χ3n) is 17.6. The van der Waals surface area contributed by atoms with Gasteiger partial charge in [0.05, 0.1) is 11.1 Å². The van der Waals surface area contributed by atoms with Crippen molar-refractivity contribution in [3.63, 3.8) is 0 Å². The van der Waals surface area contributed by atoms with Gasteiger partial charge in [-0.25, -0.2) is 0 Å². The van der Waals surface area contributed by atoms with Crippen LogP contribution in [0.15, 0.2) is 48.5 Å². The zero-order valence-electron chi connectivity index (χ0n) is 31.4. The van der Waals surface area contributed by atoms with Crippen LogP contribution in [0.5, 0.6) is 0 Å². The van der Waals surface area contributed by atoms with Gasteiger partial charge in [0.25, 0.3) is 6.71 Å². The van der Waals surface area contributed by atoms with Crippen LogP contribution in [-0.2, 0) is 16.2 Å². The van der Waals surface area contributed by atoms with E-state index in [0.717, 1.165) is 23.7 Å². The van der Waals surface area contributed by atoms with E-state index in [4.69, 9.17) is 0 Å². The van der Waals surface area contributed by atoms with Crippen LogP contribution in [0.4, 0.5) is 22.7 Å². The molecule has 0 spiro atoms. The standard InChI is InChI=1S/C46H57BN2/c1-42(2,3)30-26-34-41-36(27-30)47-35-19-12-18-33-40(35)48(43(4)24-22-28-14-8-10-16-31(28)45(33,43)6)37-20-13-21-38(39(37)47)49(41)44(5)25-23-29-15-9-11-17-32(29)46(34,44)7/h12-13,18-21,26-29,31-32H,8-11,14-17,22-25H2,1-7H3. The summed E-state index contributed by atoms with van der Waals surface area (Å²) in [4.78, 5) is 5.95. The molecule has 4 saturated carbocycles. The van der Waals surface area contributed by atoms with E-state index in [1.54, 1.807) is 38.9 Å². The summed E-state index contributed by atoms with van der Waals surface area (Å²) in [7, 11) is 0. The Hall–Kier alpha value is -2.68. The molecule has 0 amide bonds. The summed E-state index contributed by atoms with van der Waals surface area (Å²) in [6, 6.07) is 20.6. The van der Waals surface area contributed by atoms with Crippen LogP contribution in [0, 0.1) is 23.7 Å². The Morgan fingerprint density at radius 2 is 1.14 bits per heavy atom. The van der Waals surface area contributed by atoms with Crippen molar-refractivity contribution in [2.75, 3.05) is 9.80 Å². The lowest BCUT2D eigenvalue weighted by Crippen LogP contribution is -2.68. The molecule has 3 aromatic rings. The fraction of sp³-hybridized carbons (Fsp3) is 0.609. The first kappa shape index (κ1) is 30.0. The summed E-state index contributed by atoms with van der Waals surface area (Å²) in [6.45, 7) is 18.5. The third-order valence-corrected chi connectivity index (χ3v) is 17.6. The van der Waals surface area contributed by atoms with Gasteiger partial charge in [-0.1, -0.05) is 110 Å². The smallest absolute Gasteiger partial charge is 0.252 e. The Labute approximate surface area is 296 Å². The fourth-order valence-electron chi connectivity index (χ4n) is 14.9. The molecular weight excluding hydrogens is 591 g/mol. The predicted molar refractivity (Wildman–Crippen MR) is 208 cm³/mol. The minimum Gasteiger partial charge on any atom is -0.335 e. The molecule has 4 fully saturated rings. The average molecular weight is 649 g/mol. The first-order valence-electron chi connectivity index (χ1n) is 20.5. The molecule has 4 heterocycles. The molecule has 8 aliphatic rings. The highest BCUT2D eigenvalue weighted by atomic mass is 15.3. The van der Waals surface area contributed by atoms with Gasteiger partial charge in [0.15, 0.2) is 0 Å². The summed E-state index contributed by atoms with van der Waals surface area (Å²) in [6.07, 6.45) is 16.7. The van der Waals surface area contributed by atoms with Gasteiger partial charge in [0, 0.05) is 33.6 Å². The largest absolute Gasteiger partial charge is 0.335 e. The van der Waals surface area contributed by atoms with E-state index >= 15 is 0 Å². The topological polar surface area (TPSA) is 6.48 Å². The van der Waals surface area contributed by atoms with Crippen molar-refractivity contribution < 1.29 is 0 Å². The van der Waals surface area contributed by atoms with Gasteiger partial charge < -0.3 is 9.80 Å². The zero-order chi connectivity index (χ0) is 33.5. The molecule has 3 aromatic carbocycles. The Morgan fingerprint density at radius 1 is 0.612 bits per heavy atom. The van der Waals surface area contributed by atoms with E-state index < -0.39 is 0 Å². The highest BCUT2D eigenvalue weighted by molar-refractivity contribution is 7.00. The number of hydrogen-bond donors (Lipinski definition) is 0. The van der Waals surface area contributed by atoms with Crippen LogP contribution in [-0.4, -0.2) is 17.8 Å². The number of hydrogen-bond acceptors (Lipinski definition) is 2. The number of nitrogens with zero attached hydrogens (tertiary/aromatic N) is 2. The normalized spacial score (nSPS) is 39.0. The molecule has 4 aliphatic heterocycles. The average Bonchev–Trinajstić information content (AvgIpc) is 3.45. The Morgan fingerprint density at radius 3 is 1.73 bits per heavy atom. The van der Waals surface area contributed by atoms with Crippen LogP contribution >= 0.6 is 0 Å². The number of rotatable bonds is 0. The van der Waals surface area contributed by atoms with E-state index in [-0.39, 0.29) is 34.0 Å². The molecule has 3 heteroatoms. The third kappa shape index (κ3) is 3.19. The summed E-state index contributed by atoms with van der Waals surface area (Å²) in [5.41, 5.74) is 16.5. The molecule has 8 unspecified atom stereocenters. The van der Waals surface area contributed by atoms with Crippen LogP contribution in [0.3, 0.4) is 0 Å². The van der Waals surface area contributed by atoms with Crippen molar-refractivity contribution in [3.8, 4) is 0 Å². The zero-order valence-corrected chi connectivity index (χ0v) is 31.4. The number of anilines is 4. The SMILES string of the molecule is CC(C)(C)c1cc2c3c(c1)C1(C)C4CCCCC4CCC1(C)N3c1cccc3c1B2c1cccc2c1N3C1(C)CCC3CCCCC3C21C. The summed E-state index contributed by atoms with van der Waals surface area (Å²) < 4.78 is 0. The fourth-order valence-corrected chi connectivity index (χ4v) is 14.9. The molecule has 0 radical (unpaired) electrons. The second kappa shape index (κ2) is 9.21. The molecule has 0 aromatic heterocycles. The van der Waals surface area contributed by atoms with Crippen molar-refractivity contribution in [1.29, 1.82) is 0 Å². The maximum Gasteiger partial charge on any atom is 0.252 e. The molecular formula is C46H57BN2. The monoisotopic (exact) mass is 648 g/mol. The van der Waals surface area contributed by atoms with E-state index in [2.05, 4.69) is 107 Å². The van der Waals surface area contributed by atoms with Gasteiger partial charge >= 0.3 is 0 Å². The number of fused-ring (bicyclic) bond motifs is 14.